The molecule has 0 saturated carbocycles. The van der Waals surface area contributed by atoms with Crippen molar-refractivity contribution in [2.75, 3.05) is 26.1 Å². The van der Waals surface area contributed by atoms with E-state index in [2.05, 4.69) is 4.98 Å². The third kappa shape index (κ3) is 2.65. The highest BCUT2D eigenvalue weighted by atomic mass is 16.5. The van der Waals surface area contributed by atoms with E-state index in [1.165, 1.54) is 0 Å². The quantitative estimate of drug-likeness (QED) is 0.634. The van der Waals surface area contributed by atoms with Crippen LogP contribution < -0.4 is 10.5 Å². The molecule has 90 valence electrons. The van der Waals surface area contributed by atoms with E-state index in [0.717, 1.165) is 17.3 Å². The third-order valence-corrected chi connectivity index (χ3v) is 2.54. The van der Waals surface area contributed by atoms with Crippen molar-refractivity contribution < 1.29 is 9.47 Å². The fourth-order valence-corrected chi connectivity index (χ4v) is 1.67. The molecule has 1 heterocycles. The Bertz CT molecular complexity index is 500. The summed E-state index contributed by atoms with van der Waals surface area (Å²) in [5, 5.41) is 0.928. The van der Waals surface area contributed by atoms with Gasteiger partial charge in [0.05, 0.1) is 17.8 Å². The maximum absolute atomic E-state index is 6.04. The molecule has 0 spiro atoms. The van der Waals surface area contributed by atoms with Gasteiger partial charge in [-0.05, 0) is 24.3 Å². The summed E-state index contributed by atoms with van der Waals surface area (Å²) in [6, 6.07) is 7.59. The van der Waals surface area contributed by atoms with Crippen LogP contribution in [0.25, 0.3) is 10.9 Å². The number of pyridine rings is 1. The summed E-state index contributed by atoms with van der Waals surface area (Å²) in [6.45, 7) is 1.29. The molecule has 0 saturated heterocycles. The van der Waals surface area contributed by atoms with Crippen molar-refractivity contribution in [2.45, 2.75) is 6.42 Å². The highest BCUT2D eigenvalue weighted by Crippen LogP contribution is 2.29. The number of hydrogen-bond donors (Lipinski definition) is 1. The van der Waals surface area contributed by atoms with Gasteiger partial charge in [0.1, 0.15) is 5.75 Å². The van der Waals surface area contributed by atoms with Gasteiger partial charge in [-0.15, -0.1) is 0 Å². The van der Waals surface area contributed by atoms with E-state index in [1.54, 1.807) is 13.3 Å². The Labute approximate surface area is 100 Å². The molecule has 1 aromatic heterocycles. The summed E-state index contributed by atoms with van der Waals surface area (Å²) in [6.07, 6.45) is 2.60. The van der Waals surface area contributed by atoms with Crippen LogP contribution in [0, 0.1) is 0 Å². The lowest BCUT2D eigenvalue weighted by Gasteiger charge is -2.10. The van der Waals surface area contributed by atoms with Gasteiger partial charge in [0.25, 0.3) is 0 Å². The van der Waals surface area contributed by atoms with Crippen LogP contribution in [-0.4, -0.2) is 25.3 Å². The molecule has 0 aliphatic carbocycles. The molecule has 0 aliphatic rings. The van der Waals surface area contributed by atoms with Gasteiger partial charge in [0.15, 0.2) is 0 Å². The minimum atomic E-state index is 0.601. The van der Waals surface area contributed by atoms with E-state index in [4.69, 9.17) is 15.2 Å². The molecule has 0 radical (unpaired) electrons. The minimum Gasteiger partial charge on any atom is -0.491 e. The van der Waals surface area contributed by atoms with E-state index in [9.17, 15) is 0 Å². The molecule has 17 heavy (non-hydrogen) atoms. The van der Waals surface area contributed by atoms with E-state index >= 15 is 0 Å². The molecule has 0 aliphatic heterocycles. The summed E-state index contributed by atoms with van der Waals surface area (Å²) in [4.78, 5) is 4.24. The van der Waals surface area contributed by atoms with Crippen LogP contribution in [0.15, 0.2) is 30.5 Å². The van der Waals surface area contributed by atoms with Gasteiger partial charge in [-0.25, -0.2) is 0 Å². The number of benzene rings is 1. The molecule has 0 atom stereocenters. The lowest BCUT2D eigenvalue weighted by Crippen LogP contribution is -2.03. The van der Waals surface area contributed by atoms with E-state index in [0.29, 0.717) is 24.7 Å². The first-order valence-corrected chi connectivity index (χ1v) is 5.58. The highest BCUT2D eigenvalue weighted by molar-refractivity contribution is 5.93. The molecule has 4 nitrogen and oxygen atoms in total. The zero-order valence-electron chi connectivity index (χ0n) is 9.85. The first-order chi connectivity index (χ1) is 8.33. The van der Waals surface area contributed by atoms with Crippen LogP contribution in [0.1, 0.15) is 6.42 Å². The number of rotatable bonds is 5. The molecule has 0 fully saturated rings. The maximum Gasteiger partial charge on any atom is 0.142 e. The van der Waals surface area contributed by atoms with Crippen LogP contribution >= 0.6 is 0 Å². The Balaban J connectivity index is 2.15. The standard InChI is InChI=1S/C13H16N2O2/c1-16-8-3-9-17-12-6-5-11-10(13(12)14)4-2-7-15-11/h2,4-7H,3,8-9,14H2,1H3. The van der Waals surface area contributed by atoms with Gasteiger partial charge in [0, 0.05) is 31.7 Å². The Kier molecular flexibility index (Phi) is 3.77. The van der Waals surface area contributed by atoms with Crippen molar-refractivity contribution in [2.24, 2.45) is 0 Å². The number of ether oxygens (including phenoxy) is 2. The Morgan fingerprint density at radius 2 is 2.12 bits per heavy atom. The number of nitrogens with zero attached hydrogens (tertiary/aromatic N) is 1. The van der Waals surface area contributed by atoms with Crippen LogP contribution in [0.4, 0.5) is 5.69 Å². The normalized spacial score (nSPS) is 10.6. The van der Waals surface area contributed by atoms with Gasteiger partial charge in [-0.2, -0.15) is 0 Å². The Hall–Kier alpha value is -1.81. The van der Waals surface area contributed by atoms with Gasteiger partial charge >= 0.3 is 0 Å². The zero-order chi connectivity index (χ0) is 12.1. The molecule has 0 unspecified atom stereocenters. The predicted octanol–water partition coefficient (Wildman–Crippen LogP) is 2.23. The van der Waals surface area contributed by atoms with Crippen LogP contribution in [0.5, 0.6) is 5.75 Å². The minimum absolute atomic E-state index is 0.601. The molecular formula is C13H16N2O2. The van der Waals surface area contributed by atoms with Crippen LogP contribution in [0.2, 0.25) is 0 Å². The molecular weight excluding hydrogens is 216 g/mol. The Morgan fingerprint density at radius 1 is 1.24 bits per heavy atom. The van der Waals surface area contributed by atoms with E-state index < -0.39 is 0 Å². The van der Waals surface area contributed by atoms with Gasteiger partial charge in [-0.3, -0.25) is 4.98 Å². The van der Waals surface area contributed by atoms with Crippen molar-refractivity contribution >= 4 is 16.6 Å². The summed E-state index contributed by atoms with van der Waals surface area (Å²) >= 11 is 0. The molecule has 0 bridgehead atoms. The summed E-state index contributed by atoms with van der Waals surface area (Å²) in [5.74, 6) is 0.710. The maximum atomic E-state index is 6.04. The van der Waals surface area contributed by atoms with Crippen molar-refractivity contribution in [1.29, 1.82) is 0 Å². The second-order valence-corrected chi connectivity index (χ2v) is 3.74. The van der Waals surface area contributed by atoms with Gasteiger partial charge in [0.2, 0.25) is 0 Å². The summed E-state index contributed by atoms with van der Waals surface area (Å²) in [5.41, 5.74) is 7.57. The van der Waals surface area contributed by atoms with Gasteiger partial charge in [-0.1, -0.05) is 0 Å². The number of fused-ring (bicyclic) bond motifs is 1. The highest BCUT2D eigenvalue weighted by Gasteiger charge is 2.05. The number of methoxy groups -OCH3 is 1. The summed E-state index contributed by atoms with van der Waals surface area (Å²) in [7, 11) is 1.68. The lowest BCUT2D eigenvalue weighted by molar-refractivity contribution is 0.172. The average Bonchev–Trinajstić information content (AvgIpc) is 2.37. The lowest BCUT2D eigenvalue weighted by atomic mass is 10.1. The number of aromatic nitrogens is 1. The van der Waals surface area contributed by atoms with E-state index in [1.807, 2.05) is 24.3 Å². The molecule has 2 N–H and O–H groups in total. The number of hydrogen-bond acceptors (Lipinski definition) is 4. The second kappa shape index (κ2) is 5.50. The monoisotopic (exact) mass is 232 g/mol. The fraction of sp³-hybridized carbons (Fsp3) is 0.308. The Morgan fingerprint density at radius 3 is 2.94 bits per heavy atom. The smallest absolute Gasteiger partial charge is 0.142 e. The van der Waals surface area contributed by atoms with Crippen molar-refractivity contribution in [3.05, 3.63) is 30.5 Å². The van der Waals surface area contributed by atoms with Crippen molar-refractivity contribution in [3.8, 4) is 5.75 Å². The molecule has 1 aromatic carbocycles. The number of nitrogen functional groups attached to an aromatic ring is 1. The second-order valence-electron chi connectivity index (χ2n) is 3.74. The SMILES string of the molecule is COCCCOc1ccc2ncccc2c1N. The summed E-state index contributed by atoms with van der Waals surface area (Å²) < 4.78 is 10.6. The largest absolute Gasteiger partial charge is 0.491 e. The predicted molar refractivity (Wildman–Crippen MR) is 68.1 cm³/mol. The zero-order valence-corrected chi connectivity index (χ0v) is 9.85. The molecule has 0 amide bonds. The van der Waals surface area contributed by atoms with Crippen LogP contribution in [-0.2, 0) is 4.74 Å². The average molecular weight is 232 g/mol. The fourth-order valence-electron chi connectivity index (χ4n) is 1.67. The first-order valence-electron chi connectivity index (χ1n) is 5.58. The third-order valence-electron chi connectivity index (χ3n) is 2.54. The van der Waals surface area contributed by atoms with Crippen molar-refractivity contribution in [1.82, 2.24) is 4.98 Å². The van der Waals surface area contributed by atoms with Gasteiger partial charge < -0.3 is 15.2 Å². The number of nitrogens with two attached hydrogens (primary N) is 1. The molecule has 4 heteroatoms. The number of anilines is 1. The molecule has 2 rings (SSSR count). The van der Waals surface area contributed by atoms with Crippen LogP contribution in [0.3, 0.4) is 0 Å². The first kappa shape index (κ1) is 11.7. The van der Waals surface area contributed by atoms with E-state index in [-0.39, 0.29) is 0 Å². The molecule has 2 aromatic rings. The van der Waals surface area contributed by atoms with Crippen molar-refractivity contribution in [3.63, 3.8) is 0 Å². The topological polar surface area (TPSA) is 57.4 Å².